The minimum atomic E-state index is -1.41. The predicted octanol–water partition coefficient (Wildman–Crippen LogP) is 9.69. The van der Waals surface area contributed by atoms with Gasteiger partial charge < -0.3 is 75.2 Å². The Kier molecular flexibility index (Phi) is 28.9. The Morgan fingerprint density at radius 3 is 1.54 bits per heavy atom. The number of nitrogens with one attached hydrogen (secondary N) is 6. The summed E-state index contributed by atoms with van der Waals surface area (Å²) in [6, 6.07) is 12.1. The molecule has 5 unspecified atom stereocenters. The van der Waals surface area contributed by atoms with E-state index >= 15 is 0 Å². The molecular formula is C64H86ClN11O16S. The molecule has 0 aliphatic heterocycles. The molecule has 0 spiro atoms. The van der Waals surface area contributed by atoms with E-state index in [0.717, 1.165) is 11.8 Å². The number of rotatable bonds is 29. The van der Waals surface area contributed by atoms with Crippen molar-refractivity contribution in [1.82, 2.24) is 41.9 Å². The summed E-state index contributed by atoms with van der Waals surface area (Å²) in [4.78, 5) is 114. The number of nitrogen functional groups attached to an aromatic ring is 1. The van der Waals surface area contributed by atoms with E-state index in [1.165, 1.54) is 32.2 Å². The van der Waals surface area contributed by atoms with E-state index in [4.69, 9.17) is 54.9 Å². The summed E-state index contributed by atoms with van der Waals surface area (Å²) in [5, 5.41) is 37.0. The minimum absolute atomic E-state index is 0.0508. The zero-order chi connectivity index (χ0) is 69.4. The summed E-state index contributed by atoms with van der Waals surface area (Å²) >= 11 is 7.20. The minimum Gasteiger partial charge on any atom is -0.490 e. The maximum absolute atomic E-state index is 14.0. The normalized spacial score (nSPS) is 13.1. The molecule has 6 amide bonds. The summed E-state index contributed by atoms with van der Waals surface area (Å²) < 4.78 is 44.5. The smallest absolute Gasteiger partial charge is 0.408 e. The van der Waals surface area contributed by atoms with Crippen LogP contribution in [0, 0.1) is 22.7 Å². The lowest BCUT2D eigenvalue weighted by Gasteiger charge is -2.25. The summed E-state index contributed by atoms with van der Waals surface area (Å²) in [7, 11) is 0. The molecule has 0 aliphatic carbocycles. The maximum Gasteiger partial charge on any atom is 0.408 e. The lowest BCUT2D eigenvalue weighted by atomic mass is 9.97. The van der Waals surface area contributed by atoms with Crippen molar-refractivity contribution in [1.29, 1.82) is 10.5 Å². The second-order valence-electron chi connectivity index (χ2n) is 25.3. The first kappa shape index (κ1) is 76.4. The number of oxazole rings is 1. The number of aromatic nitrogens is 2. The van der Waals surface area contributed by atoms with Crippen LogP contribution < -0.4 is 42.4 Å². The average Bonchev–Trinajstić information content (AvgIpc) is 0.957. The number of pyridine rings is 1. The van der Waals surface area contributed by atoms with Gasteiger partial charge in [-0.15, -0.1) is 0 Å². The van der Waals surface area contributed by atoms with Crippen LogP contribution in [0.25, 0.3) is 22.6 Å². The highest BCUT2D eigenvalue weighted by atomic mass is 35.5. The van der Waals surface area contributed by atoms with Gasteiger partial charge in [0.25, 0.3) is 0 Å². The molecule has 0 aliphatic rings. The number of nitriles is 2. The first-order valence-electron chi connectivity index (χ1n) is 30.0. The molecule has 0 radical (unpaired) electrons. The van der Waals surface area contributed by atoms with Gasteiger partial charge in [-0.2, -0.15) is 10.5 Å². The average molecular weight is 1330 g/mol. The third kappa shape index (κ3) is 28.2. The van der Waals surface area contributed by atoms with E-state index in [1.54, 1.807) is 119 Å². The van der Waals surface area contributed by atoms with Crippen LogP contribution in [-0.4, -0.2) is 137 Å². The van der Waals surface area contributed by atoms with Gasteiger partial charge in [0.05, 0.1) is 11.3 Å². The number of nitrogens with two attached hydrogens (primary N) is 1. The Morgan fingerprint density at radius 2 is 1.06 bits per heavy atom. The lowest BCUT2D eigenvalue weighted by molar-refractivity contribution is -0.163. The number of alkyl carbamates (subject to hydrolysis) is 4. The fourth-order valence-corrected chi connectivity index (χ4v) is 9.16. The number of benzene rings is 2. The molecule has 27 nitrogen and oxygen atoms in total. The number of carbonyl (C=O) groups is 8. The molecule has 4 aromatic rings. The van der Waals surface area contributed by atoms with E-state index in [2.05, 4.69) is 54.0 Å². The van der Waals surface area contributed by atoms with Gasteiger partial charge in [0.2, 0.25) is 17.7 Å². The van der Waals surface area contributed by atoms with Gasteiger partial charge >= 0.3 is 36.3 Å². The number of hydrogen-bond acceptors (Lipinski definition) is 22. The Balaban J connectivity index is 1.56. The summed E-state index contributed by atoms with van der Waals surface area (Å²) in [5.41, 5.74) is 4.84. The zero-order valence-electron chi connectivity index (χ0n) is 55.0. The van der Waals surface area contributed by atoms with Gasteiger partial charge in [-0.1, -0.05) is 35.5 Å². The van der Waals surface area contributed by atoms with Gasteiger partial charge in [-0.25, -0.2) is 38.7 Å². The number of hydrogen-bond donors (Lipinski definition) is 7. The number of esters is 2. The molecule has 0 saturated heterocycles. The fraction of sp³-hybridized carbons (Fsp3) is 0.531. The number of nitrogens with zero attached hydrogens (tertiary/aromatic N) is 4. The molecule has 29 heteroatoms. The van der Waals surface area contributed by atoms with Crippen LogP contribution >= 0.6 is 23.4 Å². The maximum atomic E-state index is 14.0. The number of thioether (sulfide) groups is 1. The van der Waals surface area contributed by atoms with Crippen LogP contribution in [0.5, 0.6) is 5.75 Å². The first-order valence-corrected chi connectivity index (χ1v) is 31.4. The highest BCUT2D eigenvalue weighted by molar-refractivity contribution is 7.98. The monoisotopic (exact) mass is 1330 g/mol. The van der Waals surface area contributed by atoms with Crippen LogP contribution in [0.3, 0.4) is 0 Å². The van der Waals surface area contributed by atoms with Crippen molar-refractivity contribution in [3.8, 4) is 40.5 Å². The number of ether oxygens (including phenoxy) is 7. The molecule has 93 heavy (non-hydrogen) atoms. The van der Waals surface area contributed by atoms with E-state index < -0.39 is 114 Å². The van der Waals surface area contributed by atoms with E-state index in [9.17, 15) is 48.9 Å². The number of carbonyl (C=O) groups excluding carboxylic acids is 8. The second kappa shape index (κ2) is 35.1. The lowest BCUT2D eigenvalue weighted by Crippen LogP contribution is -2.52. The molecule has 5 atom stereocenters. The van der Waals surface area contributed by atoms with Crippen LogP contribution in [0.2, 0.25) is 5.02 Å². The molecule has 4 rings (SSSR count). The van der Waals surface area contributed by atoms with Crippen molar-refractivity contribution in [3.63, 3.8) is 0 Å². The van der Waals surface area contributed by atoms with Gasteiger partial charge in [-0.3, -0.25) is 9.59 Å². The first-order chi connectivity index (χ1) is 43.4. The number of anilines is 1. The summed E-state index contributed by atoms with van der Waals surface area (Å²) in [5.74, 6) is -2.97. The standard InChI is InChI=1S/C64H86ClN11O16S/c1-37(71-51(77)47(74-59(83)91-63(9,10)11)19-15-17-29-69-57(81)89-61(3,4)5)55(79)87-35-44(88-56(80)38(2)72-52(78)48(75-60(84)92-64(12,13)14)20-16-18-30-70-58(82)90-62(6,7)8)34-85-43-27-23-39(24-28-43)49-45(31-66)50(68)76-54(46(49)32-67)93-36-42-33-86-53(73-42)40-21-25-41(65)26-22-40/h21-28,33,37-38,44,47-48H,15-20,29-30,34-36H2,1-14H3,(H2,68,76)(H,69,81)(H,70,82)(H,71,77)(H,72,78)(H,74,83)(H,75,84). The van der Waals surface area contributed by atoms with Crippen molar-refractivity contribution >= 4 is 77.3 Å². The van der Waals surface area contributed by atoms with Gasteiger partial charge in [0.15, 0.2) is 6.10 Å². The highest BCUT2D eigenvalue weighted by Gasteiger charge is 2.32. The van der Waals surface area contributed by atoms with Crippen molar-refractivity contribution < 1.29 is 75.9 Å². The third-order valence-corrected chi connectivity index (χ3v) is 13.6. The molecule has 0 saturated carbocycles. The molecule has 0 fully saturated rings. The number of halogens is 1. The Morgan fingerprint density at radius 1 is 0.602 bits per heavy atom. The predicted molar refractivity (Wildman–Crippen MR) is 344 cm³/mol. The topological polar surface area (TPSA) is 386 Å². The van der Waals surface area contributed by atoms with Crippen LogP contribution in [0.15, 0.2) is 64.2 Å². The fourth-order valence-electron chi connectivity index (χ4n) is 8.16. The molecule has 8 N–H and O–H groups in total. The quantitative estimate of drug-likeness (QED) is 0.0115. The molecule has 2 heterocycles. The third-order valence-electron chi connectivity index (χ3n) is 12.3. The SMILES string of the molecule is CC(NC(=O)C(CCCCNC(=O)OC(C)(C)C)NC(=O)OC(C)(C)C)C(=O)OCC(COc1ccc(-c2c(C#N)c(N)nc(SCc3coc(-c4ccc(Cl)cc4)n3)c2C#N)cc1)OC(=O)C(C)NC(=O)C(CCCCNC(=O)OC(C)(C)C)NC(=O)OC(C)(C)C. The molecule has 2 aromatic heterocycles. The molecule has 0 bridgehead atoms. The van der Waals surface area contributed by atoms with E-state index in [1.807, 2.05) is 0 Å². The summed E-state index contributed by atoms with van der Waals surface area (Å²) in [6.45, 7) is 22.1. The largest absolute Gasteiger partial charge is 0.490 e. The van der Waals surface area contributed by atoms with Gasteiger partial charge in [0.1, 0.15) is 100 Å². The summed E-state index contributed by atoms with van der Waals surface area (Å²) in [6.07, 6.45) is -1.48. The van der Waals surface area contributed by atoms with E-state index in [-0.39, 0.29) is 65.0 Å². The van der Waals surface area contributed by atoms with Crippen molar-refractivity contribution in [2.75, 3.05) is 32.0 Å². The van der Waals surface area contributed by atoms with Crippen LogP contribution in [0.4, 0.5) is 25.0 Å². The van der Waals surface area contributed by atoms with Crippen LogP contribution in [-0.2, 0) is 53.4 Å². The van der Waals surface area contributed by atoms with Gasteiger partial charge in [-0.05, 0) is 177 Å². The zero-order valence-corrected chi connectivity index (χ0v) is 56.6. The molecule has 2 aromatic carbocycles. The van der Waals surface area contributed by atoms with Crippen molar-refractivity contribution in [2.45, 2.75) is 199 Å². The Labute approximate surface area is 551 Å². The number of unbranched alkanes of at least 4 members (excludes halogenated alkanes) is 2. The number of amides is 6. The molecular weight excluding hydrogens is 1250 g/mol. The second-order valence-corrected chi connectivity index (χ2v) is 26.7. The van der Waals surface area contributed by atoms with Crippen molar-refractivity contribution in [3.05, 3.63) is 76.6 Å². The Hall–Kier alpha value is -9.02. The molecule has 506 valence electrons. The van der Waals surface area contributed by atoms with E-state index in [0.29, 0.717) is 53.4 Å². The van der Waals surface area contributed by atoms with Gasteiger partial charge in [0, 0.05) is 35.0 Å². The Bertz CT molecular complexity index is 3310. The highest BCUT2D eigenvalue weighted by Crippen LogP contribution is 2.37. The van der Waals surface area contributed by atoms with Crippen LogP contribution in [0.1, 0.15) is 152 Å². The van der Waals surface area contributed by atoms with Crippen molar-refractivity contribution in [2.24, 2.45) is 0 Å².